The number of carbonyl (C=O) groups excluding carboxylic acids is 5. The second-order valence-electron chi connectivity index (χ2n) is 14.5. The molecular weight excluding hydrogens is 888 g/mol. The molecule has 1 atom stereocenters. The molecule has 2 aliphatic rings. The van der Waals surface area contributed by atoms with Gasteiger partial charge in [-0.3, -0.25) is 39.0 Å². The Morgan fingerprint density at radius 2 is 0.970 bits per heavy atom. The number of carbonyl (C=O) groups is 6. The molecule has 4 N–H and O–H groups in total. The van der Waals surface area contributed by atoms with Crippen molar-refractivity contribution in [3.63, 3.8) is 0 Å². The zero-order valence-corrected chi connectivity index (χ0v) is 38.5. The maximum Gasteiger partial charge on any atom is 0.303 e. The van der Waals surface area contributed by atoms with Crippen molar-refractivity contribution in [2.45, 2.75) is 38.1 Å². The molecule has 0 aromatic heterocycles. The van der Waals surface area contributed by atoms with Crippen molar-refractivity contribution < 1.29 is 90.7 Å². The van der Waals surface area contributed by atoms with Crippen LogP contribution in [0.1, 0.15) is 52.8 Å². The van der Waals surface area contributed by atoms with Gasteiger partial charge in [0.05, 0.1) is 170 Å². The highest BCUT2D eigenvalue weighted by Gasteiger charge is 2.45. The fourth-order valence-electron chi connectivity index (χ4n) is 6.15. The predicted octanol–water partition coefficient (Wildman–Crippen LogP) is 0.0700. The van der Waals surface area contributed by atoms with Crippen molar-refractivity contribution in [3.05, 3.63) is 29.3 Å². The van der Waals surface area contributed by atoms with Crippen molar-refractivity contribution in [2.24, 2.45) is 0 Å². The number of piperidine rings is 1. The van der Waals surface area contributed by atoms with Crippen molar-refractivity contribution in [2.75, 3.05) is 177 Å². The Bertz CT molecular complexity index is 1570. The van der Waals surface area contributed by atoms with Gasteiger partial charge in [0.1, 0.15) is 6.04 Å². The number of imide groups is 2. The molecule has 380 valence electrons. The molecule has 0 radical (unpaired) electrons. The predicted molar refractivity (Wildman–Crippen MR) is 236 cm³/mol. The summed E-state index contributed by atoms with van der Waals surface area (Å²) in [6.07, 6.45) is 0.597. The highest BCUT2D eigenvalue weighted by atomic mass is 16.6. The highest BCUT2D eigenvalue weighted by Crippen LogP contribution is 2.32. The maximum absolute atomic E-state index is 13.2. The summed E-state index contributed by atoms with van der Waals surface area (Å²) in [5.41, 5.74) is 0.885. The summed E-state index contributed by atoms with van der Waals surface area (Å²) < 4.78 is 65.9. The van der Waals surface area contributed by atoms with Gasteiger partial charge < -0.3 is 72.6 Å². The van der Waals surface area contributed by atoms with Crippen LogP contribution in [0.3, 0.4) is 0 Å². The molecule has 1 saturated heterocycles. The van der Waals surface area contributed by atoms with Crippen molar-refractivity contribution in [3.8, 4) is 0 Å². The van der Waals surface area contributed by atoms with E-state index >= 15 is 0 Å². The Kier molecular flexibility index (Phi) is 32.1. The SMILES string of the molecule is O=C(O)CCC(=O)NCCCOCCOCCOCCOCCOCCOCCOCCOCCOCCOCCOCCOCCNc1cccc2c1C(=O)N(C1CCC(=O)NC1=O)C2=O. The van der Waals surface area contributed by atoms with E-state index in [1.165, 1.54) is 0 Å². The molecule has 1 aromatic rings. The maximum atomic E-state index is 13.2. The van der Waals surface area contributed by atoms with E-state index in [-0.39, 0.29) is 42.7 Å². The van der Waals surface area contributed by atoms with E-state index in [0.29, 0.717) is 184 Å². The fraction of sp³-hybridized carbons (Fsp3) is 0.727. The van der Waals surface area contributed by atoms with E-state index in [1.54, 1.807) is 18.2 Å². The van der Waals surface area contributed by atoms with Gasteiger partial charge in [-0.2, -0.15) is 0 Å². The second-order valence-corrected chi connectivity index (χ2v) is 14.5. The van der Waals surface area contributed by atoms with Gasteiger partial charge in [-0.15, -0.1) is 0 Å². The third-order valence-corrected chi connectivity index (χ3v) is 9.48. The lowest BCUT2D eigenvalue weighted by molar-refractivity contribution is -0.139. The smallest absolute Gasteiger partial charge is 0.303 e. The number of ether oxygens (including phenoxy) is 12. The Labute approximate surface area is 391 Å². The van der Waals surface area contributed by atoms with Crippen LogP contribution in [0, 0.1) is 0 Å². The van der Waals surface area contributed by atoms with Crippen LogP contribution in [-0.4, -0.2) is 223 Å². The number of nitrogens with one attached hydrogen (secondary N) is 3. The van der Waals surface area contributed by atoms with E-state index < -0.39 is 35.6 Å². The number of hydrogen-bond acceptors (Lipinski definition) is 19. The first-order valence-corrected chi connectivity index (χ1v) is 22.8. The zero-order chi connectivity index (χ0) is 48.0. The zero-order valence-electron chi connectivity index (χ0n) is 38.5. The van der Waals surface area contributed by atoms with Crippen molar-refractivity contribution in [1.29, 1.82) is 0 Å². The topological polar surface area (TPSA) is 273 Å². The average Bonchev–Trinajstić information content (AvgIpc) is 3.57. The summed E-state index contributed by atoms with van der Waals surface area (Å²) in [7, 11) is 0. The number of hydrogen-bond donors (Lipinski definition) is 4. The summed E-state index contributed by atoms with van der Waals surface area (Å²) in [6, 6.07) is 3.88. The first-order chi connectivity index (χ1) is 32.8. The molecular formula is C44H70N4O19. The van der Waals surface area contributed by atoms with Crippen LogP contribution in [0.5, 0.6) is 0 Å². The Balaban J connectivity index is 0.946. The Hall–Kier alpha value is -4.24. The van der Waals surface area contributed by atoms with Gasteiger partial charge in [-0.25, -0.2) is 0 Å². The van der Waals surface area contributed by atoms with Crippen molar-refractivity contribution >= 4 is 41.2 Å². The lowest BCUT2D eigenvalue weighted by Gasteiger charge is -2.27. The van der Waals surface area contributed by atoms with Crippen LogP contribution in [0.2, 0.25) is 0 Å². The second kappa shape index (κ2) is 37.7. The van der Waals surface area contributed by atoms with Gasteiger partial charge in [-0.1, -0.05) is 6.07 Å². The quantitative estimate of drug-likeness (QED) is 0.0497. The molecule has 0 bridgehead atoms. The van der Waals surface area contributed by atoms with Gasteiger partial charge in [0.2, 0.25) is 17.7 Å². The van der Waals surface area contributed by atoms with Crippen molar-refractivity contribution in [1.82, 2.24) is 15.5 Å². The lowest BCUT2D eigenvalue weighted by atomic mass is 10.0. The fourth-order valence-corrected chi connectivity index (χ4v) is 6.15. The molecule has 0 saturated carbocycles. The molecule has 5 amide bonds. The number of nitrogens with zero attached hydrogens (tertiary/aromatic N) is 1. The first kappa shape index (κ1) is 57.1. The molecule has 67 heavy (non-hydrogen) atoms. The largest absolute Gasteiger partial charge is 0.481 e. The van der Waals surface area contributed by atoms with Gasteiger partial charge >= 0.3 is 5.97 Å². The number of amides is 5. The molecule has 23 nitrogen and oxygen atoms in total. The van der Waals surface area contributed by atoms with E-state index in [1.807, 2.05) is 0 Å². The Morgan fingerprint density at radius 3 is 1.39 bits per heavy atom. The minimum atomic E-state index is -1.02. The van der Waals surface area contributed by atoms with Gasteiger partial charge in [0.15, 0.2) is 0 Å². The highest BCUT2D eigenvalue weighted by molar-refractivity contribution is 6.25. The average molecular weight is 959 g/mol. The van der Waals surface area contributed by atoms with Crippen LogP contribution in [0.15, 0.2) is 18.2 Å². The minimum Gasteiger partial charge on any atom is -0.481 e. The molecule has 2 aliphatic heterocycles. The standard InChI is InChI=1S/C44H70N4O19/c49-38(7-8-40(51)52)46-9-2-11-56-13-15-58-17-19-60-21-23-62-25-27-64-29-31-66-33-34-67-32-30-65-28-26-63-24-22-61-20-18-59-16-14-57-12-10-45-36-4-1-3-35-41(36)44(55)48(43(35)54)37-5-6-39(50)47-42(37)53/h1,3-4,37,45H,2,5-34H2,(H,46,49)(H,51,52)(H,47,50,53). The van der Waals surface area contributed by atoms with Gasteiger partial charge in [-0.05, 0) is 25.0 Å². The number of benzene rings is 1. The monoisotopic (exact) mass is 958 g/mol. The van der Waals surface area contributed by atoms with Gasteiger partial charge in [0.25, 0.3) is 11.8 Å². The molecule has 1 unspecified atom stereocenters. The molecule has 3 rings (SSSR count). The summed E-state index contributed by atoms with van der Waals surface area (Å²) in [6.45, 7) is 11.3. The molecule has 1 aromatic carbocycles. The normalized spacial score (nSPS) is 14.7. The molecule has 1 fully saturated rings. The number of rotatable bonds is 45. The third kappa shape index (κ3) is 26.2. The molecule has 23 heteroatoms. The Morgan fingerprint density at radius 1 is 0.552 bits per heavy atom. The van der Waals surface area contributed by atoms with Crippen LogP contribution >= 0.6 is 0 Å². The van der Waals surface area contributed by atoms with Crippen LogP contribution in [-0.2, 0) is 76.0 Å². The lowest BCUT2D eigenvalue weighted by Crippen LogP contribution is -2.54. The van der Waals surface area contributed by atoms with E-state index in [4.69, 9.17) is 61.9 Å². The molecule has 0 spiro atoms. The third-order valence-electron chi connectivity index (χ3n) is 9.48. The summed E-state index contributed by atoms with van der Waals surface area (Å²) >= 11 is 0. The number of anilines is 1. The number of carboxylic acids is 1. The van der Waals surface area contributed by atoms with E-state index in [2.05, 4.69) is 16.0 Å². The molecule has 2 heterocycles. The number of carboxylic acid groups (broad SMARTS) is 1. The summed E-state index contributed by atoms with van der Waals surface area (Å²) in [5, 5.41) is 16.5. The van der Waals surface area contributed by atoms with Crippen LogP contribution in [0.25, 0.3) is 0 Å². The number of aliphatic carboxylic acids is 1. The van der Waals surface area contributed by atoms with E-state index in [0.717, 1.165) is 4.90 Å². The summed E-state index contributed by atoms with van der Waals surface area (Å²) in [4.78, 5) is 72.8. The van der Waals surface area contributed by atoms with Crippen LogP contribution < -0.4 is 16.0 Å². The summed E-state index contributed by atoms with van der Waals surface area (Å²) in [5.74, 6) is -3.46. The van der Waals surface area contributed by atoms with E-state index in [9.17, 15) is 28.8 Å². The van der Waals surface area contributed by atoms with Crippen LogP contribution in [0.4, 0.5) is 5.69 Å². The molecule has 0 aliphatic carbocycles. The first-order valence-electron chi connectivity index (χ1n) is 22.8. The van der Waals surface area contributed by atoms with Gasteiger partial charge in [0, 0.05) is 38.2 Å². The minimum absolute atomic E-state index is 0.0213. The number of fused-ring (bicyclic) bond motifs is 1.